The lowest BCUT2D eigenvalue weighted by molar-refractivity contribution is -0.140. The third-order valence-corrected chi connectivity index (χ3v) is 7.18. The van der Waals surface area contributed by atoms with E-state index in [-0.39, 0.29) is 47.3 Å². The van der Waals surface area contributed by atoms with Crippen LogP contribution in [0.2, 0.25) is 0 Å². The lowest BCUT2D eigenvalue weighted by Gasteiger charge is -2.39. The summed E-state index contributed by atoms with van der Waals surface area (Å²) in [6, 6.07) is -0.823. The Labute approximate surface area is 193 Å². The molecule has 0 bridgehead atoms. The Balaban J connectivity index is 2.25. The first-order valence-electron chi connectivity index (χ1n) is 12.3. The molecule has 32 heavy (non-hydrogen) atoms. The first-order valence-corrected chi connectivity index (χ1v) is 12.3. The van der Waals surface area contributed by atoms with Gasteiger partial charge in [-0.15, -0.1) is 0 Å². The summed E-state index contributed by atoms with van der Waals surface area (Å²) < 4.78 is 0. The van der Waals surface area contributed by atoms with Gasteiger partial charge in [0.1, 0.15) is 6.04 Å². The van der Waals surface area contributed by atoms with E-state index in [0.29, 0.717) is 0 Å². The molecule has 1 saturated carbocycles. The van der Waals surface area contributed by atoms with E-state index in [4.69, 9.17) is 0 Å². The molecular weight excluding hydrogens is 406 g/mol. The van der Waals surface area contributed by atoms with E-state index in [0.717, 1.165) is 51.5 Å². The van der Waals surface area contributed by atoms with E-state index in [9.17, 15) is 19.5 Å². The molecule has 0 aromatic heterocycles. The second-order valence-electron chi connectivity index (χ2n) is 10.2. The quantitative estimate of drug-likeness (QED) is 0.526. The molecule has 0 aromatic rings. The van der Waals surface area contributed by atoms with Gasteiger partial charge in [0.2, 0.25) is 11.8 Å². The fourth-order valence-corrected chi connectivity index (χ4v) is 5.22. The average Bonchev–Trinajstić information content (AvgIpc) is 3.28. The molecule has 182 valence electrons. The first kappa shape index (κ1) is 26.4. The highest BCUT2D eigenvalue weighted by atomic mass is 16.4. The van der Waals surface area contributed by atoms with Crippen molar-refractivity contribution in [3.05, 3.63) is 11.6 Å². The molecule has 0 radical (unpaired) electrons. The Kier molecular flexibility index (Phi) is 9.74. The smallest absolute Gasteiger partial charge is 0.331 e. The van der Waals surface area contributed by atoms with E-state index in [1.807, 2.05) is 13.8 Å². The SMILES string of the molecule is C/C(=C\[C@H](C(C)C)N(C)C(=O)C(NC(=O)[C@H]1CCCCN1C(C)C)C1CCCC1)C(=O)O. The van der Waals surface area contributed by atoms with Gasteiger partial charge in [-0.05, 0) is 64.8 Å². The van der Waals surface area contributed by atoms with Crippen molar-refractivity contribution in [1.29, 1.82) is 0 Å². The number of aliphatic carboxylic acids is 1. The molecule has 7 heteroatoms. The largest absolute Gasteiger partial charge is 0.478 e. The van der Waals surface area contributed by atoms with E-state index in [2.05, 4.69) is 24.1 Å². The molecule has 1 saturated heterocycles. The summed E-state index contributed by atoms with van der Waals surface area (Å²) in [5.74, 6) is -0.973. The Bertz CT molecular complexity index is 697. The van der Waals surface area contributed by atoms with Crippen LogP contribution < -0.4 is 5.32 Å². The highest BCUT2D eigenvalue weighted by molar-refractivity contribution is 5.90. The number of piperidine rings is 1. The Morgan fingerprint density at radius 1 is 1.03 bits per heavy atom. The molecule has 0 aromatic carbocycles. The second-order valence-corrected chi connectivity index (χ2v) is 10.2. The second kappa shape index (κ2) is 11.8. The standard InChI is InChI=1S/C25H43N3O4/c1-16(2)21(15-18(5)25(31)32)27(6)24(30)22(19-11-7-8-12-19)26-23(29)20-13-9-10-14-28(20)17(3)4/h15-17,19-22H,7-14H2,1-6H3,(H,26,29)(H,31,32)/b18-15+/t20-,21-,22?/m1/s1. The lowest BCUT2D eigenvalue weighted by atomic mass is 9.93. The minimum absolute atomic E-state index is 0.0459. The van der Waals surface area contributed by atoms with Crippen molar-refractivity contribution in [3.63, 3.8) is 0 Å². The number of nitrogens with zero attached hydrogens (tertiary/aromatic N) is 2. The topological polar surface area (TPSA) is 90.0 Å². The number of carboxylic acid groups (broad SMARTS) is 1. The van der Waals surface area contributed by atoms with Crippen LogP contribution in [0, 0.1) is 11.8 Å². The molecule has 2 aliphatic rings. The van der Waals surface area contributed by atoms with E-state index in [1.165, 1.54) is 0 Å². The minimum atomic E-state index is -0.983. The predicted octanol–water partition coefficient (Wildman–Crippen LogP) is 3.44. The summed E-state index contributed by atoms with van der Waals surface area (Å²) in [6.45, 7) is 10.6. The van der Waals surface area contributed by atoms with Crippen LogP contribution in [0.4, 0.5) is 0 Å². The molecule has 1 aliphatic carbocycles. The van der Waals surface area contributed by atoms with Gasteiger partial charge in [-0.25, -0.2) is 4.79 Å². The van der Waals surface area contributed by atoms with Crippen LogP contribution in [0.3, 0.4) is 0 Å². The van der Waals surface area contributed by atoms with Gasteiger partial charge in [-0.2, -0.15) is 0 Å². The first-order chi connectivity index (χ1) is 15.0. The maximum absolute atomic E-state index is 13.7. The van der Waals surface area contributed by atoms with Crippen molar-refractivity contribution < 1.29 is 19.5 Å². The van der Waals surface area contributed by atoms with Gasteiger partial charge < -0.3 is 15.3 Å². The summed E-state index contributed by atoms with van der Waals surface area (Å²) in [6.07, 6.45) is 8.60. The van der Waals surface area contributed by atoms with E-state index >= 15 is 0 Å². The van der Waals surface area contributed by atoms with Crippen LogP contribution in [0.1, 0.15) is 79.6 Å². The zero-order valence-electron chi connectivity index (χ0n) is 20.8. The molecule has 1 heterocycles. The van der Waals surface area contributed by atoms with Gasteiger partial charge in [-0.1, -0.05) is 39.2 Å². The molecule has 2 rings (SSSR count). The van der Waals surface area contributed by atoms with Gasteiger partial charge in [0.05, 0.1) is 12.1 Å². The highest BCUT2D eigenvalue weighted by Crippen LogP contribution is 2.30. The Hall–Kier alpha value is -1.89. The number of carboxylic acids is 1. The van der Waals surface area contributed by atoms with Crippen molar-refractivity contribution >= 4 is 17.8 Å². The summed E-state index contributed by atoms with van der Waals surface area (Å²) >= 11 is 0. The zero-order valence-corrected chi connectivity index (χ0v) is 20.8. The molecule has 2 amide bonds. The summed E-state index contributed by atoms with van der Waals surface area (Å²) in [5.41, 5.74) is 0.222. The molecular formula is C25H43N3O4. The number of carbonyl (C=O) groups is 3. The molecule has 7 nitrogen and oxygen atoms in total. The van der Waals surface area contributed by atoms with Gasteiger partial charge in [-0.3, -0.25) is 14.5 Å². The third-order valence-electron chi connectivity index (χ3n) is 7.18. The normalized spacial score (nSPS) is 22.8. The number of hydrogen-bond donors (Lipinski definition) is 2. The van der Waals surface area contributed by atoms with Crippen LogP contribution in [0.5, 0.6) is 0 Å². The van der Waals surface area contributed by atoms with Crippen LogP contribution in [-0.2, 0) is 14.4 Å². The van der Waals surface area contributed by atoms with Crippen molar-refractivity contribution in [2.24, 2.45) is 11.8 Å². The molecule has 1 unspecified atom stereocenters. The summed E-state index contributed by atoms with van der Waals surface area (Å²) in [5, 5.41) is 12.5. The third kappa shape index (κ3) is 6.56. The lowest BCUT2D eigenvalue weighted by Crippen LogP contribution is -2.59. The van der Waals surface area contributed by atoms with Gasteiger partial charge >= 0.3 is 5.97 Å². The van der Waals surface area contributed by atoms with Crippen LogP contribution in [0.25, 0.3) is 0 Å². The molecule has 3 atom stereocenters. The monoisotopic (exact) mass is 449 g/mol. The molecule has 0 spiro atoms. The fraction of sp³-hybridized carbons (Fsp3) is 0.800. The van der Waals surface area contributed by atoms with Crippen molar-refractivity contribution in [1.82, 2.24) is 15.1 Å². The predicted molar refractivity (Wildman–Crippen MR) is 126 cm³/mol. The van der Waals surface area contributed by atoms with E-state index < -0.39 is 12.0 Å². The average molecular weight is 450 g/mol. The van der Waals surface area contributed by atoms with Crippen molar-refractivity contribution in [3.8, 4) is 0 Å². The number of carbonyl (C=O) groups excluding carboxylic acids is 2. The molecule has 2 N–H and O–H groups in total. The Morgan fingerprint density at radius 3 is 2.16 bits per heavy atom. The van der Waals surface area contributed by atoms with Gasteiger partial charge in [0.25, 0.3) is 0 Å². The maximum atomic E-state index is 13.7. The van der Waals surface area contributed by atoms with Crippen LogP contribution in [-0.4, -0.2) is 70.4 Å². The number of nitrogens with one attached hydrogen (secondary N) is 1. The fourth-order valence-electron chi connectivity index (χ4n) is 5.22. The number of likely N-dealkylation sites (tertiary alicyclic amines) is 1. The summed E-state index contributed by atoms with van der Waals surface area (Å²) in [4.78, 5) is 42.3. The maximum Gasteiger partial charge on any atom is 0.331 e. The number of rotatable bonds is 9. The number of amides is 2. The Morgan fingerprint density at radius 2 is 1.62 bits per heavy atom. The molecule has 1 aliphatic heterocycles. The number of likely N-dealkylation sites (N-methyl/N-ethyl adjacent to an activating group) is 1. The molecule has 2 fully saturated rings. The summed E-state index contributed by atoms with van der Waals surface area (Å²) in [7, 11) is 1.73. The van der Waals surface area contributed by atoms with E-state index in [1.54, 1.807) is 24.9 Å². The van der Waals surface area contributed by atoms with Gasteiger partial charge in [0, 0.05) is 18.7 Å². The number of hydrogen-bond acceptors (Lipinski definition) is 4. The minimum Gasteiger partial charge on any atom is -0.478 e. The van der Waals surface area contributed by atoms with Crippen molar-refractivity contribution in [2.75, 3.05) is 13.6 Å². The highest BCUT2D eigenvalue weighted by Gasteiger charge is 2.39. The van der Waals surface area contributed by atoms with Crippen LogP contribution >= 0.6 is 0 Å². The zero-order chi connectivity index (χ0) is 24.0. The van der Waals surface area contributed by atoms with Gasteiger partial charge in [0.15, 0.2) is 0 Å². The van der Waals surface area contributed by atoms with Crippen LogP contribution in [0.15, 0.2) is 11.6 Å². The van der Waals surface area contributed by atoms with Crippen molar-refractivity contribution in [2.45, 2.75) is 104 Å².